The van der Waals surface area contributed by atoms with Crippen LogP contribution in [-0.4, -0.2) is 18.6 Å². The van der Waals surface area contributed by atoms with E-state index in [1.807, 2.05) is 11.3 Å². The van der Waals surface area contributed by atoms with Gasteiger partial charge in [0.05, 0.1) is 10.7 Å². The third kappa shape index (κ3) is 2.73. The van der Waals surface area contributed by atoms with Gasteiger partial charge in [-0.1, -0.05) is 20.8 Å². The first kappa shape index (κ1) is 13.6. The van der Waals surface area contributed by atoms with E-state index in [9.17, 15) is 0 Å². The van der Waals surface area contributed by atoms with Crippen molar-refractivity contribution in [2.75, 3.05) is 13.6 Å². The number of nitrogens with zero attached hydrogens (tertiary/aromatic N) is 1. The Hall–Kier alpha value is -0.410. The molecule has 0 aromatic carbocycles. The van der Waals surface area contributed by atoms with E-state index in [4.69, 9.17) is 4.98 Å². The zero-order valence-electron chi connectivity index (χ0n) is 12.6. The van der Waals surface area contributed by atoms with Crippen LogP contribution in [0.5, 0.6) is 0 Å². The van der Waals surface area contributed by atoms with Crippen LogP contribution in [0.4, 0.5) is 0 Å². The van der Waals surface area contributed by atoms with Crippen molar-refractivity contribution in [3.8, 4) is 0 Å². The van der Waals surface area contributed by atoms with Crippen LogP contribution in [0.3, 0.4) is 0 Å². The molecular weight excluding hydrogens is 252 g/mol. The van der Waals surface area contributed by atoms with Crippen LogP contribution in [0.1, 0.15) is 50.7 Å². The summed E-state index contributed by atoms with van der Waals surface area (Å²) >= 11 is 1.86. The Bertz CT molecular complexity index is 448. The lowest BCUT2D eigenvalue weighted by atomic mass is 9.80. The van der Waals surface area contributed by atoms with Crippen LogP contribution in [0.2, 0.25) is 0 Å². The lowest BCUT2D eigenvalue weighted by Gasteiger charge is -2.30. The maximum atomic E-state index is 4.90. The molecule has 0 saturated heterocycles. The van der Waals surface area contributed by atoms with Crippen molar-refractivity contribution in [1.82, 2.24) is 10.3 Å². The smallest absolute Gasteiger partial charge is 0.0934 e. The van der Waals surface area contributed by atoms with E-state index < -0.39 is 0 Å². The standard InChI is InChI=1S/C16H26N2S/c1-15(2,3)13-9-19-14(18-13)8-16(10-17-4)6-11-5-12(11)7-16/h9,11-12,17H,5-8,10H2,1-4H3. The predicted molar refractivity (Wildman–Crippen MR) is 81.7 cm³/mol. The lowest BCUT2D eigenvalue weighted by molar-refractivity contribution is 0.254. The van der Waals surface area contributed by atoms with Gasteiger partial charge in [0.15, 0.2) is 0 Å². The Morgan fingerprint density at radius 3 is 2.58 bits per heavy atom. The second-order valence-electron chi connectivity index (χ2n) is 7.75. The van der Waals surface area contributed by atoms with Gasteiger partial charge in [-0.3, -0.25) is 0 Å². The molecule has 2 nitrogen and oxygen atoms in total. The molecule has 2 fully saturated rings. The molecule has 2 atom stereocenters. The first-order valence-electron chi connectivity index (χ1n) is 7.51. The zero-order chi connectivity index (χ0) is 13.7. The van der Waals surface area contributed by atoms with Gasteiger partial charge in [-0.05, 0) is 43.6 Å². The number of thiazole rings is 1. The van der Waals surface area contributed by atoms with Gasteiger partial charge in [-0.25, -0.2) is 4.98 Å². The lowest BCUT2D eigenvalue weighted by Crippen LogP contribution is -2.33. The number of fused-ring (bicyclic) bond motifs is 1. The van der Waals surface area contributed by atoms with E-state index >= 15 is 0 Å². The van der Waals surface area contributed by atoms with E-state index in [-0.39, 0.29) is 5.41 Å². The van der Waals surface area contributed by atoms with Crippen molar-refractivity contribution in [3.63, 3.8) is 0 Å². The third-order valence-electron chi connectivity index (χ3n) is 4.86. The van der Waals surface area contributed by atoms with Gasteiger partial charge in [0.2, 0.25) is 0 Å². The van der Waals surface area contributed by atoms with Gasteiger partial charge in [0.25, 0.3) is 0 Å². The molecule has 19 heavy (non-hydrogen) atoms. The highest BCUT2D eigenvalue weighted by atomic mass is 32.1. The quantitative estimate of drug-likeness (QED) is 0.910. The van der Waals surface area contributed by atoms with Crippen molar-refractivity contribution in [2.24, 2.45) is 17.3 Å². The fraction of sp³-hybridized carbons (Fsp3) is 0.812. The normalized spacial score (nSPS) is 33.5. The van der Waals surface area contributed by atoms with E-state index in [2.05, 4.69) is 38.5 Å². The van der Waals surface area contributed by atoms with Crippen molar-refractivity contribution in [3.05, 3.63) is 16.1 Å². The Morgan fingerprint density at radius 1 is 1.37 bits per heavy atom. The summed E-state index contributed by atoms with van der Waals surface area (Å²) in [7, 11) is 2.09. The third-order valence-corrected chi connectivity index (χ3v) is 5.71. The molecule has 0 spiro atoms. The Kier molecular flexibility index (Phi) is 3.25. The van der Waals surface area contributed by atoms with Crippen LogP contribution >= 0.6 is 11.3 Å². The van der Waals surface area contributed by atoms with Crippen molar-refractivity contribution in [1.29, 1.82) is 0 Å². The van der Waals surface area contributed by atoms with E-state index in [0.717, 1.165) is 18.4 Å². The van der Waals surface area contributed by atoms with Crippen LogP contribution in [0.15, 0.2) is 5.38 Å². The van der Waals surface area contributed by atoms with Crippen LogP contribution in [0.25, 0.3) is 0 Å². The molecule has 1 heterocycles. The molecule has 0 bridgehead atoms. The second kappa shape index (κ2) is 4.56. The number of hydrogen-bond donors (Lipinski definition) is 1. The monoisotopic (exact) mass is 278 g/mol. The Morgan fingerprint density at radius 2 is 2.05 bits per heavy atom. The summed E-state index contributed by atoms with van der Waals surface area (Å²) in [4.78, 5) is 4.90. The topological polar surface area (TPSA) is 24.9 Å². The fourth-order valence-electron chi connectivity index (χ4n) is 3.79. The van der Waals surface area contributed by atoms with Crippen LogP contribution < -0.4 is 5.32 Å². The van der Waals surface area contributed by atoms with Gasteiger partial charge in [-0.15, -0.1) is 11.3 Å². The van der Waals surface area contributed by atoms with Gasteiger partial charge in [-0.2, -0.15) is 0 Å². The van der Waals surface area contributed by atoms with Crippen LogP contribution in [0, 0.1) is 17.3 Å². The summed E-state index contributed by atoms with van der Waals surface area (Å²) in [5.41, 5.74) is 1.94. The summed E-state index contributed by atoms with van der Waals surface area (Å²) in [6, 6.07) is 0. The van der Waals surface area contributed by atoms with Gasteiger partial charge < -0.3 is 5.32 Å². The number of hydrogen-bond acceptors (Lipinski definition) is 3. The molecule has 1 aromatic heterocycles. The number of aromatic nitrogens is 1. The average Bonchev–Trinajstić information content (AvgIpc) is 2.76. The SMILES string of the molecule is CNCC1(Cc2nc(C(C)(C)C)cs2)CC2CC2C1. The van der Waals surface area contributed by atoms with Crippen molar-refractivity contribution in [2.45, 2.75) is 51.9 Å². The maximum Gasteiger partial charge on any atom is 0.0934 e. The molecule has 1 N–H and O–H groups in total. The van der Waals surface area contributed by atoms with E-state index in [0.29, 0.717) is 5.41 Å². The first-order valence-corrected chi connectivity index (χ1v) is 8.39. The highest BCUT2D eigenvalue weighted by molar-refractivity contribution is 7.09. The van der Waals surface area contributed by atoms with E-state index in [1.54, 1.807) is 0 Å². The van der Waals surface area contributed by atoms with Crippen molar-refractivity contribution >= 4 is 11.3 Å². The highest BCUT2D eigenvalue weighted by Gasteiger charge is 2.53. The van der Waals surface area contributed by atoms with Gasteiger partial charge >= 0.3 is 0 Å². The summed E-state index contributed by atoms with van der Waals surface area (Å²) in [5.74, 6) is 2.07. The Balaban J connectivity index is 1.74. The second-order valence-corrected chi connectivity index (χ2v) is 8.69. The molecule has 3 heteroatoms. The minimum absolute atomic E-state index is 0.183. The highest BCUT2D eigenvalue weighted by Crippen LogP contribution is 2.60. The molecule has 106 valence electrons. The minimum Gasteiger partial charge on any atom is -0.319 e. The first-order chi connectivity index (χ1) is 8.92. The molecule has 1 aromatic rings. The fourth-order valence-corrected chi connectivity index (χ4v) is 4.98. The molecule has 2 saturated carbocycles. The van der Waals surface area contributed by atoms with E-state index in [1.165, 1.54) is 36.4 Å². The molecule has 0 aliphatic heterocycles. The molecule has 2 aliphatic rings. The summed E-state index contributed by atoms with van der Waals surface area (Å²) in [6.07, 6.45) is 5.52. The minimum atomic E-state index is 0.183. The zero-order valence-corrected chi connectivity index (χ0v) is 13.4. The summed E-state index contributed by atoms with van der Waals surface area (Å²) < 4.78 is 0. The average molecular weight is 278 g/mol. The van der Waals surface area contributed by atoms with Gasteiger partial charge in [0, 0.05) is 23.8 Å². The summed E-state index contributed by atoms with van der Waals surface area (Å²) in [6.45, 7) is 7.91. The molecule has 0 radical (unpaired) electrons. The Labute approximate surface area is 121 Å². The molecular formula is C16H26N2S. The molecule has 2 unspecified atom stereocenters. The van der Waals surface area contributed by atoms with Gasteiger partial charge in [0.1, 0.15) is 0 Å². The van der Waals surface area contributed by atoms with Crippen LogP contribution in [-0.2, 0) is 11.8 Å². The van der Waals surface area contributed by atoms with Crippen molar-refractivity contribution < 1.29 is 0 Å². The molecule has 0 amide bonds. The largest absolute Gasteiger partial charge is 0.319 e. The molecule has 3 rings (SSSR count). The number of rotatable bonds is 4. The molecule has 2 aliphatic carbocycles. The predicted octanol–water partition coefficient (Wildman–Crippen LogP) is 3.62. The maximum absolute atomic E-state index is 4.90. The number of nitrogens with one attached hydrogen (secondary N) is 1. The summed E-state index contributed by atoms with van der Waals surface area (Å²) in [5, 5.41) is 7.04.